The molecule has 21 heavy (non-hydrogen) atoms. The van der Waals surface area contributed by atoms with E-state index >= 15 is 0 Å². The molecule has 2 heterocycles. The number of hydrogen-bond donors (Lipinski definition) is 0. The molecule has 2 nitrogen and oxygen atoms in total. The van der Waals surface area contributed by atoms with Crippen LogP contribution in [0.5, 0.6) is 5.75 Å². The first-order valence-electron chi connectivity index (χ1n) is 8.44. The Morgan fingerprint density at radius 2 is 1.86 bits per heavy atom. The minimum absolute atomic E-state index is 0.228. The van der Waals surface area contributed by atoms with Crippen molar-refractivity contribution in [2.45, 2.75) is 56.4 Å². The van der Waals surface area contributed by atoms with Crippen LogP contribution in [0.1, 0.15) is 50.5 Å². The maximum Gasteiger partial charge on any atom is 0.123 e. The van der Waals surface area contributed by atoms with Gasteiger partial charge in [-0.2, -0.15) is 0 Å². The van der Waals surface area contributed by atoms with E-state index in [-0.39, 0.29) is 5.41 Å². The van der Waals surface area contributed by atoms with Gasteiger partial charge in [0.2, 0.25) is 0 Å². The first kappa shape index (κ1) is 13.9. The number of fused-ring (bicyclic) bond motifs is 2. The average molecular weight is 306 g/mol. The number of ether oxygens (including phenoxy) is 1. The van der Waals surface area contributed by atoms with Gasteiger partial charge < -0.3 is 9.64 Å². The lowest BCUT2D eigenvalue weighted by molar-refractivity contribution is 0.0826. The van der Waals surface area contributed by atoms with Crippen molar-refractivity contribution in [2.75, 3.05) is 19.7 Å². The second kappa shape index (κ2) is 5.48. The van der Waals surface area contributed by atoms with Gasteiger partial charge in [0.15, 0.2) is 0 Å². The van der Waals surface area contributed by atoms with Crippen molar-refractivity contribution in [1.29, 1.82) is 0 Å². The summed E-state index contributed by atoms with van der Waals surface area (Å²) < 4.78 is 5.95. The number of halogens is 1. The predicted octanol–water partition coefficient (Wildman–Crippen LogP) is 4.40. The Balaban J connectivity index is 1.49. The summed E-state index contributed by atoms with van der Waals surface area (Å²) in [5, 5.41) is 0.841. The molecule has 0 atom stereocenters. The standard InChI is InChI=1S/C18H24ClNO/c19-14-6-7-17-16(12-14)18(13-21-17)8-10-20(11-9-18)15-4-2-1-3-5-15/h6-7,12,15H,1-5,8-11,13H2. The summed E-state index contributed by atoms with van der Waals surface area (Å²) in [5.74, 6) is 1.06. The van der Waals surface area contributed by atoms with Crippen molar-refractivity contribution in [3.63, 3.8) is 0 Å². The number of benzene rings is 1. The molecule has 3 heteroatoms. The van der Waals surface area contributed by atoms with Crippen molar-refractivity contribution in [3.05, 3.63) is 28.8 Å². The molecule has 0 unspecified atom stereocenters. The summed E-state index contributed by atoms with van der Waals surface area (Å²) in [5.41, 5.74) is 1.59. The molecule has 3 aliphatic rings. The smallest absolute Gasteiger partial charge is 0.123 e. The molecule has 0 radical (unpaired) electrons. The van der Waals surface area contributed by atoms with Crippen LogP contribution < -0.4 is 4.74 Å². The normalized spacial score (nSPS) is 25.8. The van der Waals surface area contributed by atoms with E-state index in [9.17, 15) is 0 Å². The minimum atomic E-state index is 0.228. The van der Waals surface area contributed by atoms with E-state index in [1.54, 1.807) is 0 Å². The second-order valence-electron chi connectivity index (χ2n) is 7.04. The van der Waals surface area contributed by atoms with E-state index in [1.807, 2.05) is 12.1 Å². The molecule has 1 aromatic carbocycles. The van der Waals surface area contributed by atoms with Gasteiger partial charge in [-0.05, 0) is 57.0 Å². The number of rotatable bonds is 1. The monoisotopic (exact) mass is 305 g/mol. The van der Waals surface area contributed by atoms with Crippen molar-refractivity contribution in [3.8, 4) is 5.75 Å². The molecule has 1 spiro atoms. The van der Waals surface area contributed by atoms with Gasteiger partial charge in [-0.15, -0.1) is 0 Å². The molecule has 2 aliphatic heterocycles. The molecule has 2 fully saturated rings. The molecule has 0 bridgehead atoms. The maximum atomic E-state index is 6.21. The van der Waals surface area contributed by atoms with Crippen molar-refractivity contribution in [2.24, 2.45) is 0 Å². The largest absolute Gasteiger partial charge is 0.492 e. The highest BCUT2D eigenvalue weighted by atomic mass is 35.5. The highest BCUT2D eigenvalue weighted by Crippen LogP contribution is 2.46. The van der Waals surface area contributed by atoms with Crippen LogP contribution in [0.15, 0.2) is 18.2 Å². The van der Waals surface area contributed by atoms with E-state index in [4.69, 9.17) is 16.3 Å². The fourth-order valence-corrected chi connectivity index (χ4v) is 4.69. The van der Waals surface area contributed by atoms with Gasteiger partial charge in [0.25, 0.3) is 0 Å². The summed E-state index contributed by atoms with van der Waals surface area (Å²) in [4.78, 5) is 2.74. The first-order valence-corrected chi connectivity index (χ1v) is 8.82. The summed E-state index contributed by atoms with van der Waals surface area (Å²) in [6, 6.07) is 6.97. The second-order valence-corrected chi connectivity index (χ2v) is 7.47. The van der Waals surface area contributed by atoms with Crippen LogP contribution in [0.2, 0.25) is 5.02 Å². The zero-order chi connectivity index (χ0) is 14.3. The average Bonchev–Trinajstić information content (AvgIpc) is 2.87. The third-order valence-electron chi connectivity index (χ3n) is 5.86. The molecular formula is C18H24ClNO. The Bertz CT molecular complexity index is 516. The fraction of sp³-hybridized carbons (Fsp3) is 0.667. The molecule has 114 valence electrons. The third kappa shape index (κ3) is 2.47. The van der Waals surface area contributed by atoms with Gasteiger partial charge in [0.05, 0.1) is 6.61 Å². The highest BCUT2D eigenvalue weighted by Gasteiger charge is 2.44. The minimum Gasteiger partial charge on any atom is -0.492 e. The Morgan fingerprint density at radius 3 is 2.62 bits per heavy atom. The zero-order valence-corrected chi connectivity index (χ0v) is 13.4. The molecule has 1 saturated heterocycles. The lowest BCUT2D eigenvalue weighted by Gasteiger charge is -2.43. The van der Waals surface area contributed by atoms with E-state index in [0.29, 0.717) is 0 Å². The number of likely N-dealkylation sites (tertiary alicyclic amines) is 1. The van der Waals surface area contributed by atoms with E-state index in [0.717, 1.165) is 23.4 Å². The summed E-state index contributed by atoms with van der Waals surface area (Å²) in [6.45, 7) is 3.29. The number of hydrogen-bond acceptors (Lipinski definition) is 2. The van der Waals surface area contributed by atoms with Gasteiger partial charge >= 0.3 is 0 Å². The topological polar surface area (TPSA) is 12.5 Å². The molecule has 0 amide bonds. The van der Waals surface area contributed by atoms with E-state index < -0.39 is 0 Å². The van der Waals surface area contributed by atoms with Crippen LogP contribution in [0.4, 0.5) is 0 Å². The molecule has 1 aliphatic carbocycles. The Kier molecular flexibility index (Phi) is 3.63. The van der Waals surface area contributed by atoms with Gasteiger partial charge in [-0.3, -0.25) is 0 Å². The SMILES string of the molecule is Clc1ccc2c(c1)C1(CCN(C3CCCCC3)CC1)CO2. The predicted molar refractivity (Wildman–Crippen MR) is 86.3 cm³/mol. The van der Waals surface area contributed by atoms with Crippen LogP contribution in [0.25, 0.3) is 0 Å². The Labute approximate surface area is 132 Å². The highest BCUT2D eigenvalue weighted by molar-refractivity contribution is 6.30. The van der Waals surface area contributed by atoms with Gasteiger partial charge in [0.1, 0.15) is 5.75 Å². The molecule has 4 rings (SSSR count). The van der Waals surface area contributed by atoms with Crippen LogP contribution in [0.3, 0.4) is 0 Å². The van der Waals surface area contributed by atoms with Crippen LogP contribution >= 0.6 is 11.6 Å². The third-order valence-corrected chi connectivity index (χ3v) is 6.10. The van der Waals surface area contributed by atoms with Gasteiger partial charge in [-0.25, -0.2) is 0 Å². The van der Waals surface area contributed by atoms with E-state index in [2.05, 4.69) is 11.0 Å². The number of nitrogens with zero attached hydrogens (tertiary/aromatic N) is 1. The molecule has 0 aromatic heterocycles. The molecule has 1 aromatic rings. The lowest BCUT2D eigenvalue weighted by atomic mass is 9.74. The summed E-state index contributed by atoms with van der Waals surface area (Å²) in [7, 11) is 0. The molecular weight excluding hydrogens is 282 g/mol. The fourth-order valence-electron chi connectivity index (χ4n) is 4.51. The number of piperidine rings is 1. The van der Waals surface area contributed by atoms with Crippen LogP contribution in [-0.2, 0) is 5.41 Å². The lowest BCUT2D eigenvalue weighted by Crippen LogP contribution is -2.48. The van der Waals surface area contributed by atoms with Crippen molar-refractivity contribution < 1.29 is 4.74 Å². The Morgan fingerprint density at radius 1 is 1.10 bits per heavy atom. The van der Waals surface area contributed by atoms with Crippen molar-refractivity contribution >= 4 is 11.6 Å². The van der Waals surface area contributed by atoms with Crippen LogP contribution in [-0.4, -0.2) is 30.6 Å². The maximum absolute atomic E-state index is 6.21. The van der Waals surface area contributed by atoms with E-state index in [1.165, 1.54) is 63.6 Å². The van der Waals surface area contributed by atoms with Crippen molar-refractivity contribution in [1.82, 2.24) is 4.90 Å². The van der Waals surface area contributed by atoms with Gasteiger partial charge in [0, 0.05) is 22.0 Å². The summed E-state index contributed by atoms with van der Waals surface area (Å²) >= 11 is 6.21. The summed E-state index contributed by atoms with van der Waals surface area (Å²) in [6.07, 6.45) is 9.54. The molecule has 1 saturated carbocycles. The van der Waals surface area contributed by atoms with Crippen LogP contribution in [0, 0.1) is 0 Å². The zero-order valence-electron chi connectivity index (χ0n) is 12.6. The Hall–Kier alpha value is -0.730. The van der Waals surface area contributed by atoms with Gasteiger partial charge in [-0.1, -0.05) is 30.9 Å². The first-order chi connectivity index (χ1) is 10.3. The quantitative estimate of drug-likeness (QED) is 0.762. The molecule has 0 N–H and O–H groups in total.